The van der Waals surface area contributed by atoms with Crippen molar-refractivity contribution in [2.75, 3.05) is 47.5 Å². The molecular weight excluding hydrogens is 1200 g/mol. The van der Waals surface area contributed by atoms with Crippen LogP contribution in [0.1, 0.15) is 463 Å². The summed E-state index contributed by atoms with van der Waals surface area (Å²) >= 11 is 0. The molecule has 9 nitrogen and oxygen atoms in total. The number of unbranched alkanes of at least 4 members (excludes halogenated alkanes) is 64. The van der Waals surface area contributed by atoms with Crippen molar-refractivity contribution in [3.8, 4) is 0 Å². The lowest BCUT2D eigenvalue weighted by Gasteiger charge is -2.25. The molecule has 0 saturated carbocycles. The van der Waals surface area contributed by atoms with Crippen molar-refractivity contribution in [1.29, 1.82) is 0 Å². The van der Waals surface area contributed by atoms with E-state index in [-0.39, 0.29) is 38.2 Å². The van der Waals surface area contributed by atoms with Gasteiger partial charge in [-0.2, -0.15) is 0 Å². The van der Waals surface area contributed by atoms with E-state index in [4.69, 9.17) is 18.9 Å². The molecule has 2 atom stereocenters. The van der Waals surface area contributed by atoms with Crippen LogP contribution in [0.4, 0.5) is 0 Å². The normalized spacial score (nSPS) is 12.6. The lowest BCUT2D eigenvalue weighted by Crippen LogP contribution is -2.40. The van der Waals surface area contributed by atoms with Gasteiger partial charge >= 0.3 is 17.9 Å². The maximum Gasteiger partial charge on any atom is 0.361 e. The van der Waals surface area contributed by atoms with E-state index in [1.165, 1.54) is 392 Å². The predicted octanol–water partition coefficient (Wildman–Crippen LogP) is 28.1. The largest absolute Gasteiger partial charge is 0.477 e. The summed E-state index contributed by atoms with van der Waals surface area (Å²) in [5, 5.41) is 9.79. The van der Waals surface area contributed by atoms with E-state index in [0.717, 1.165) is 44.9 Å². The second kappa shape index (κ2) is 79.5. The van der Waals surface area contributed by atoms with Crippen LogP contribution in [0.15, 0.2) is 24.3 Å². The minimum absolute atomic E-state index is 0.173. The average Bonchev–Trinajstić information content (AvgIpc) is 3.74. The number of nitrogens with zero attached hydrogens (tertiary/aromatic N) is 1. The van der Waals surface area contributed by atoms with E-state index in [2.05, 4.69) is 38.2 Å². The zero-order valence-electron chi connectivity index (χ0n) is 66.0. The van der Waals surface area contributed by atoms with Crippen molar-refractivity contribution in [2.45, 2.75) is 476 Å². The number of hydrogen-bond donors (Lipinski definition) is 1. The highest BCUT2D eigenvalue weighted by atomic mass is 16.7. The molecule has 0 rings (SSSR count). The van der Waals surface area contributed by atoms with E-state index in [9.17, 15) is 19.5 Å². The van der Waals surface area contributed by atoms with Crippen molar-refractivity contribution in [3.05, 3.63) is 24.3 Å². The van der Waals surface area contributed by atoms with Crippen molar-refractivity contribution in [1.82, 2.24) is 0 Å². The summed E-state index contributed by atoms with van der Waals surface area (Å²) in [7, 11) is 6.01. The third-order valence-corrected chi connectivity index (χ3v) is 20.2. The second-order valence-electron chi connectivity index (χ2n) is 31.2. The van der Waals surface area contributed by atoms with Crippen LogP contribution in [-0.2, 0) is 33.3 Å². The Kier molecular flexibility index (Phi) is 77.6. The summed E-state index contributed by atoms with van der Waals surface area (Å²) in [6.07, 6.45) is 99.5. The number of hydrogen-bond acceptors (Lipinski definition) is 7. The highest BCUT2D eigenvalue weighted by molar-refractivity contribution is 5.71. The predicted molar refractivity (Wildman–Crippen MR) is 420 cm³/mol. The fraction of sp³-hybridized carbons (Fsp3) is 0.920. The van der Waals surface area contributed by atoms with Gasteiger partial charge in [-0.15, -0.1) is 0 Å². The third-order valence-electron chi connectivity index (χ3n) is 20.2. The molecule has 0 bridgehead atoms. The average molecular weight is 1370 g/mol. The Labute approximate surface area is 605 Å². The quantitative estimate of drug-likeness (QED) is 0.0211. The molecule has 0 aromatic heterocycles. The van der Waals surface area contributed by atoms with Crippen LogP contribution in [0.5, 0.6) is 0 Å². The standard InChI is InChI=1S/C88H169NO8/c1-6-8-10-12-14-16-18-20-22-24-26-28-30-32-34-36-38-40-42-43-45-46-48-50-52-54-56-58-60-62-64-66-68-70-72-74-76-78-85(90)95-82-84(83-96-88(87(92)93)94-81-80-89(3,4)5)97-86(91)79-77-75-73-71-69-67-65-63-61-59-57-55-53-51-49-47-44-41-39-37-35-33-31-29-27-25-23-21-19-17-15-13-11-9-7-2/h19,21,25,27,84,88H,6-18,20,22-24,26,28-83H2,1-5H3/p+1/b21-19-,27-25-. The van der Waals surface area contributed by atoms with Crippen LogP contribution in [0.25, 0.3) is 0 Å². The van der Waals surface area contributed by atoms with Crippen molar-refractivity contribution in [3.63, 3.8) is 0 Å². The molecule has 1 N–H and O–H groups in total. The van der Waals surface area contributed by atoms with Gasteiger partial charge in [0.05, 0.1) is 34.4 Å². The van der Waals surface area contributed by atoms with Crippen LogP contribution in [0, 0.1) is 0 Å². The SMILES string of the molecule is CCCCCCC/C=C\C/C=C\CCCCCCCCCCCCCCCCCCCCCCCCCC(=O)OC(COC(=O)CCCCCCCCCCCCCCCCCCCCCCCCCCCCCCCCCCCCCCC)COC(OCC[N+](C)(C)C)C(=O)O. The topological polar surface area (TPSA) is 108 Å². The summed E-state index contributed by atoms with van der Waals surface area (Å²) in [6, 6.07) is 0. The Balaban J connectivity index is 3.91. The van der Waals surface area contributed by atoms with Gasteiger partial charge < -0.3 is 28.5 Å². The smallest absolute Gasteiger partial charge is 0.361 e. The van der Waals surface area contributed by atoms with Crippen LogP contribution in [0.3, 0.4) is 0 Å². The van der Waals surface area contributed by atoms with Crippen molar-refractivity contribution in [2.24, 2.45) is 0 Å². The lowest BCUT2D eigenvalue weighted by molar-refractivity contribution is -0.870. The molecule has 0 aromatic carbocycles. The number of aliphatic carboxylic acids is 1. The first-order valence-corrected chi connectivity index (χ1v) is 43.5. The molecule has 0 aliphatic rings. The molecular formula is C88H170NO8+. The first kappa shape index (κ1) is 94.8. The molecule has 0 fully saturated rings. The van der Waals surface area contributed by atoms with Crippen LogP contribution in [-0.4, -0.2) is 87.4 Å². The van der Waals surface area contributed by atoms with Gasteiger partial charge in [0.1, 0.15) is 13.2 Å². The summed E-state index contributed by atoms with van der Waals surface area (Å²) < 4.78 is 23.1. The van der Waals surface area contributed by atoms with E-state index >= 15 is 0 Å². The minimum atomic E-state index is -1.51. The van der Waals surface area contributed by atoms with Gasteiger partial charge in [-0.25, -0.2) is 4.79 Å². The molecule has 2 unspecified atom stereocenters. The molecule has 0 saturated heterocycles. The summed E-state index contributed by atoms with van der Waals surface area (Å²) in [6.45, 7) is 4.97. The van der Waals surface area contributed by atoms with Gasteiger partial charge in [0.15, 0.2) is 6.10 Å². The number of carboxylic acids is 1. The van der Waals surface area contributed by atoms with Crippen LogP contribution in [0.2, 0.25) is 0 Å². The number of carbonyl (C=O) groups is 3. The summed E-state index contributed by atoms with van der Waals surface area (Å²) in [5.41, 5.74) is 0. The molecule has 0 aliphatic carbocycles. The molecule has 0 radical (unpaired) electrons. The van der Waals surface area contributed by atoms with Crippen LogP contribution < -0.4 is 0 Å². The van der Waals surface area contributed by atoms with Gasteiger partial charge in [0.2, 0.25) is 0 Å². The molecule has 574 valence electrons. The maximum absolute atomic E-state index is 13.0. The van der Waals surface area contributed by atoms with Crippen molar-refractivity contribution < 1.29 is 42.9 Å². The number of likely N-dealkylation sites (N-methyl/N-ethyl adjacent to an activating group) is 1. The molecule has 0 aliphatic heterocycles. The summed E-state index contributed by atoms with van der Waals surface area (Å²) in [5.74, 6) is -1.96. The number of carbonyl (C=O) groups excluding carboxylic acids is 2. The first-order valence-electron chi connectivity index (χ1n) is 43.5. The Hall–Kier alpha value is -2.23. The monoisotopic (exact) mass is 1370 g/mol. The molecule has 0 aromatic rings. The van der Waals surface area contributed by atoms with Gasteiger partial charge in [0, 0.05) is 12.8 Å². The highest BCUT2D eigenvalue weighted by Gasteiger charge is 2.25. The number of esters is 2. The maximum atomic E-state index is 13.0. The van der Waals surface area contributed by atoms with Crippen molar-refractivity contribution >= 4 is 17.9 Å². The molecule has 0 amide bonds. The van der Waals surface area contributed by atoms with Gasteiger partial charge in [-0.3, -0.25) is 9.59 Å². The Morgan fingerprint density at radius 2 is 0.557 bits per heavy atom. The number of rotatable bonds is 83. The molecule has 97 heavy (non-hydrogen) atoms. The van der Waals surface area contributed by atoms with Gasteiger partial charge in [0.25, 0.3) is 6.29 Å². The zero-order chi connectivity index (χ0) is 70.4. The Morgan fingerprint density at radius 3 is 0.814 bits per heavy atom. The Bertz CT molecular complexity index is 1640. The first-order chi connectivity index (χ1) is 47.6. The molecule has 0 spiro atoms. The van der Waals surface area contributed by atoms with Gasteiger partial charge in [-0.1, -0.05) is 430 Å². The zero-order valence-corrected chi connectivity index (χ0v) is 66.0. The lowest BCUT2D eigenvalue weighted by atomic mass is 10.0. The van der Waals surface area contributed by atoms with Crippen LogP contribution >= 0.6 is 0 Å². The van der Waals surface area contributed by atoms with E-state index in [1.807, 2.05) is 21.1 Å². The fourth-order valence-electron chi connectivity index (χ4n) is 13.6. The third kappa shape index (κ3) is 80.9. The molecule has 9 heteroatoms. The highest BCUT2D eigenvalue weighted by Crippen LogP contribution is 2.21. The summed E-state index contributed by atoms with van der Waals surface area (Å²) in [4.78, 5) is 37.8. The van der Waals surface area contributed by atoms with E-state index in [1.54, 1.807) is 0 Å². The number of allylic oxidation sites excluding steroid dienone is 4. The fourth-order valence-corrected chi connectivity index (χ4v) is 13.6. The number of ether oxygens (including phenoxy) is 4. The minimum Gasteiger partial charge on any atom is -0.477 e. The van der Waals surface area contributed by atoms with Gasteiger partial charge in [-0.05, 0) is 44.9 Å². The second-order valence-corrected chi connectivity index (χ2v) is 31.2. The van der Waals surface area contributed by atoms with E-state index < -0.39 is 18.4 Å². The molecule has 0 heterocycles. The Morgan fingerprint density at radius 1 is 0.309 bits per heavy atom. The number of quaternary nitrogens is 1. The number of carboxylic acid groups (broad SMARTS) is 1. The van der Waals surface area contributed by atoms with E-state index in [0.29, 0.717) is 17.4 Å².